The Bertz CT molecular complexity index is 306. The van der Waals surface area contributed by atoms with Crippen LogP contribution in [0.3, 0.4) is 0 Å². The molecule has 1 aromatic rings. The van der Waals surface area contributed by atoms with Gasteiger partial charge in [-0.1, -0.05) is 29.8 Å². The Morgan fingerprint density at radius 1 is 1.25 bits per heavy atom. The van der Waals surface area contributed by atoms with E-state index in [1.807, 2.05) is 19.1 Å². The van der Waals surface area contributed by atoms with E-state index in [1.165, 1.54) is 6.61 Å². The molecule has 0 N–H and O–H groups in total. The standard InChI is InChI=1S/C8H9O3S/c1-7-2-4-8(5-3-7)6-11-12(9)10/h2-6,12H,1H3. The lowest BCUT2D eigenvalue weighted by molar-refractivity contribution is 0.429. The maximum atomic E-state index is 10.0. The molecular weight excluding hydrogens is 176 g/mol. The summed E-state index contributed by atoms with van der Waals surface area (Å²) in [6.45, 7) is 3.16. The van der Waals surface area contributed by atoms with Crippen LogP contribution in [0.15, 0.2) is 24.3 Å². The van der Waals surface area contributed by atoms with Crippen LogP contribution in [0, 0.1) is 13.5 Å². The Morgan fingerprint density at radius 2 is 1.83 bits per heavy atom. The molecule has 0 heterocycles. The van der Waals surface area contributed by atoms with Gasteiger partial charge in [-0.15, -0.1) is 0 Å². The van der Waals surface area contributed by atoms with Crippen molar-refractivity contribution in [3.63, 3.8) is 0 Å². The van der Waals surface area contributed by atoms with Gasteiger partial charge >= 0.3 is 0 Å². The van der Waals surface area contributed by atoms with E-state index in [9.17, 15) is 8.42 Å². The highest BCUT2D eigenvalue weighted by Gasteiger charge is 1.93. The van der Waals surface area contributed by atoms with Crippen molar-refractivity contribution in [3.05, 3.63) is 42.0 Å². The van der Waals surface area contributed by atoms with Crippen molar-refractivity contribution in [1.29, 1.82) is 0 Å². The molecule has 4 heteroatoms. The third kappa shape index (κ3) is 3.02. The zero-order valence-electron chi connectivity index (χ0n) is 6.56. The van der Waals surface area contributed by atoms with Gasteiger partial charge in [0.2, 0.25) is 0 Å². The predicted octanol–water partition coefficient (Wildman–Crippen LogP) is 1.05. The second-order valence-electron chi connectivity index (χ2n) is 2.36. The lowest BCUT2D eigenvalue weighted by Gasteiger charge is -1.96. The van der Waals surface area contributed by atoms with Crippen molar-refractivity contribution < 1.29 is 12.6 Å². The van der Waals surface area contributed by atoms with E-state index in [-0.39, 0.29) is 0 Å². The highest BCUT2D eigenvalue weighted by molar-refractivity contribution is 7.67. The van der Waals surface area contributed by atoms with Gasteiger partial charge < -0.3 is 0 Å². The molecule has 1 rings (SSSR count). The summed E-state index contributed by atoms with van der Waals surface area (Å²) in [6.07, 6.45) is 0. The molecule has 1 aromatic carbocycles. The van der Waals surface area contributed by atoms with E-state index in [4.69, 9.17) is 0 Å². The third-order valence-corrected chi connectivity index (χ3v) is 1.63. The first-order chi connectivity index (χ1) is 5.68. The average molecular weight is 185 g/mol. The molecule has 0 bridgehead atoms. The second-order valence-corrected chi connectivity index (χ2v) is 3.02. The monoisotopic (exact) mass is 185 g/mol. The topological polar surface area (TPSA) is 43.4 Å². The minimum Gasteiger partial charge on any atom is -0.261 e. The smallest absolute Gasteiger partial charge is 0.257 e. The maximum Gasteiger partial charge on any atom is 0.257 e. The molecule has 0 aliphatic carbocycles. The van der Waals surface area contributed by atoms with E-state index in [0.717, 1.165) is 11.1 Å². The molecule has 0 atom stereocenters. The van der Waals surface area contributed by atoms with Gasteiger partial charge in [-0.05, 0) is 12.5 Å². The van der Waals surface area contributed by atoms with Gasteiger partial charge in [-0.25, -0.2) is 8.42 Å². The Hall–Kier alpha value is -0.870. The number of hydrogen-bond donors (Lipinski definition) is 1. The summed E-state index contributed by atoms with van der Waals surface area (Å²) < 4.78 is 24.3. The Balaban J connectivity index is 2.59. The lowest BCUT2D eigenvalue weighted by atomic mass is 10.2. The number of hydrogen-bond acceptors (Lipinski definition) is 3. The molecule has 0 aliphatic heterocycles. The summed E-state index contributed by atoms with van der Waals surface area (Å²) >= 11 is 0. The first kappa shape index (κ1) is 9.22. The van der Waals surface area contributed by atoms with Gasteiger partial charge in [-0.2, -0.15) is 0 Å². The summed E-state index contributed by atoms with van der Waals surface area (Å²) in [5.74, 6) is 0. The molecular formula is C8H9O3S. The SMILES string of the molecule is Cc1ccc([CH]O[SH](=O)=O)cc1. The van der Waals surface area contributed by atoms with E-state index in [2.05, 4.69) is 4.18 Å². The molecule has 1 radical (unpaired) electrons. The van der Waals surface area contributed by atoms with Gasteiger partial charge in [0.15, 0.2) is 0 Å². The second kappa shape index (κ2) is 4.23. The predicted molar refractivity (Wildman–Crippen MR) is 46.0 cm³/mol. The van der Waals surface area contributed by atoms with Crippen LogP contribution in [0.25, 0.3) is 0 Å². The van der Waals surface area contributed by atoms with Crippen LogP contribution in [0.5, 0.6) is 0 Å². The van der Waals surface area contributed by atoms with Crippen molar-refractivity contribution in [1.82, 2.24) is 0 Å². The highest BCUT2D eigenvalue weighted by atomic mass is 32.2. The van der Waals surface area contributed by atoms with Crippen LogP contribution in [-0.2, 0) is 15.2 Å². The normalized spacial score (nSPS) is 10.5. The average Bonchev–Trinajstić information content (AvgIpc) is 2.03. The fraction of sp³-hybridized carbons (Fsp3) is 0.125. The van der Waals surface area contributed by atoms with E-state index in [0.29, 0.717) is 0 Å². The summed E-state index contributed by atoms with van der Waals surface area (Å²) in [4.78, 5) is 0. The molecule has 0 spiro atoms. The van der Waals surface area contributed by atoms with Gasteiger partial charge in [-0.3, -0.25) is 4.18 Å². The van der Waals surface area contributed by atoms with Crippen LogP contribution >= 0.6 is 0 Å². The fourth-order valence-electron chi connectivity index (χ4n) is 0.749. The van der Waals surface area contributed by atoms with Gasteiger partial charge in [0.05, 0.1) is 0 Å². The highest BCUT2D eigenvalue weighted by Crippen LogP contribution is 2.05. The van der Waals surface area contributed by atoms with Crippen LogP contribution in [-0.4, -0.2) is 8.42 Å². The van der Waals surface area contributed by atoms with Crippen LogP contribution < -0.4 is 0 Å². The van der Waals surface area contributed by atoms with Crippen molar-refractivity contribution in [2.45, 2.75) is 6.92 Å². The van der Waals surface area contributed by atoms with Gasteiger partial charge in [0.1, 0.15) is 6.61 Å². The molecule has 0 amide bonds. The zero-order chi connectivity index (χ0) is 8.97. The van der Waals surface area contributed by atoms with Crippen LogP contribution in [0.2, 0.25) is 0 Å². The molecule has 0 aliphatic rings. The molecule has 65 valence electrons. The van der Waals surface area contributed by atoms with Crippen molar-refractivity contribution in [2.24, 2.45) is 0 Å². The van der Waals surface area contributed by atoms with Crippen molar-refractivity contribution in [3.8, 4) is 0 Å². The van der Waals surface area contributed by atoms with Crippen LogP contribution in [0.4, 0.5) is 0 Å². The number of aryl methyl sites for hydroxylation is 1. The van der Waals surface area contributed by atoms with Gasteiger partial charge in [0, 0.05) is 0 Å². The number of thiol groups is 1. The largest absolute Gasteiger partial charge is 0.261 e. The molecule has 0 saturated carbocycles. The first-order valence-corrected chi connectivity index (χ1v) is 4.49. The fourth-order valence-corrected chi connectivity index (χ4v) is 0.957. The third-order valence-electron chi connectivity index (χ3n) is 1.35. The minimum absolute atomic E-state index is 0.736. The van der Waals surface area contributed by atoms with Crippen molar-refractivity contribution in [2.75, 3.05) is 0 Å². The molecule has 12 heavy (non-hydrogen) atoms. The van der Waals surface area contributed by atoms with E-state index in [1.54, 1.807) is 12.1 Å². The Morgan fingerprint density at radius 3 is 2.33 bits per heavy atom. The first-order valence-electron chi connectivity index (χ1n) is 3.39. The molecule has 0 unspecified atom stereocenters. The summed E-state index contributed by atoms with van der Waals surface area (Å²) in [5.41, 5.74) is 1.86. The Labute approximate surface area is 73.1 Å². The minimum atomic E-state index is -2.79. The number of benzene rings is 1. The Kier molecular flexibility index (Phi) is 3.25. The van der Waals surface area contributed by atoms with Crippen LogP contribution in [0.1, 0.15) is 11.1 Å². The molecule has 0 saturated heterocycles. The van der Waals surface area contributed by atoms with Gasteiger partial charge in [0.25, 0.3) is 11.0 Å². The summed E-state index contributed by atoms with van der Waals surface area (Å²) in [6, 6.07) is 7.34. The van der Waals surface area contributed by atoms with E-state index >= 15 is 0 Å². The van der Waals surface area contributed by atoms with E-state index < -0.39 is 11.0 Å². The quantitative estimate of drug-likeness (QED) is 0.716. The summed E-state index contributed by atoms with van der Waals surface area (Å²) in [7, 11) is -2.79. The molecule has 0 fully saturated rings. The lowest BCUT2D eigenvalue weighted by Crippen LogP contribution is -1.87. The zero-order valence-corrected chi connectivity index (χ0v) is 7.45. The van der Waals surface area contributed by atoms with Crippen molar-refractivity contribution >= 4 is 11.0 Å². The number of rotatable bonds is 3. The molecule has 3 nitrogen and oxygen atoms in total. The molecule has 0 aromatic heterocycles. The summed E-state index contributed by atoms with van der Waals surface area (Å²) in [5, 5.41) is 0. The maximum absolute atomic E-state index is 10.0.